The Labute approximate surface area is 136 Å². The second kappa shape index (κ2) is 9.69. The summed E-state index contributed by atoms with van der Waals surface area (Å²) in [7, 11) is 0. The molecule has 0 N–H and O–H groups in total. The standard InChI is InChI=1S/C10H9ClO.C9H10O/c1-8(11)10(7-12)9-5-3-2-4-6-9;1-8(10)7-9-5-3-2-4-6-9/h2-7H,1H3;2-6H,7H2,1H3/b10-8-;. The highest BCUT2D eigenvalue weighted by Gasteiger charge is 2.01. The monoisotopic (exact) mass is 314 g/mol. The van der Waals surface area contributed by atoms with Crippen molar-refractivity contribution in [2.24, 2.45) is 0 Å². The van der Waals surface area contributed by atoms with Gasteiger partial charge in [-0.05, 0) is 25.0 Å². The van der Waals surface area contributed by atoms with E-state index in [4.69, 9.17) is 11.6 Å². The predicted octanol–water partition coefficient (Wildman–Crippen LogP) is 4.67. The highest BCUT2D eigenvalue weighted by Crippen LogP contribution is 2.18. The SMILES string of the molecule is C/C(Cl)=C(\C=O)c1ccccc1.CC(=O)Cc1ccccc1. The number of allylic oxidation sites excluding steroid dienone is 2. The molecule has 22 heavy (non-hydrogen) atoms. The van der Waals surface area contributed by atoms with E-state index < -0.39 is 0 Å². The summed E-state index contributed by atoms with van der Waals surface area (Å²) in [4.78, 5) is 21.2. The van der Waals surface area contributed by atoms with Gasteiger partial charge in [-0.3, -0.25) is 9.59 Å². The van der Waals surface area contributed by atoms with E-state index in [1.807, 2.05) is 60.7 Å². The molecule has 3 heteroatoms. The number of hydrogen-bond donors (Lipinski definition) is 0. The smallest absolute Gasteiger partial charge is 0.151 e. The number of Topliss-reactive ketones (excluding diaryl/α,β-unsaturated/α-hetero) is 1. The number of benzene rings is 2. The molecule has 2 aromatic rings. The average molecular weight is 315 g/mol. The molecule has 0 amide bonds. The fourth-order valence-corrected chi connectivity index (χ4v) is 2.00. The van der Waals surface area contributed by atoms with Crippen LogP contribution in [0.5, 0.6) is 0 Å². The number of carbonyl (C=O) groups excluding carboxylic acids is 2. The van der Waals surface area contributed by atoms with Crippen molar-refractivity contribution in [1.29, 1.82) is 0 Å². The van der Waals surface area contributed by atoms with Gasteiger partial charge in [-0.2, -0.15) is 0 Å². The Morgan fingerprint density at radius 2 is 1.45 bits per heavy atom. The van der Waals surface area contributed by atoms with Gasteiger partial charge in [0, 0.05) is 17.0 Å². The van der Waals surface area contributed by atoms with Crippen LogP contribution in [0.2, 0.25) is 0 Å². The van der Waals surface area contributed by atoms with E-state index in [0.717, 1.165) is 17.4 Å². The van der Waals surface area contributed by atoms with Crippen molar-refractivity contribution in [1.82, 2.24) is 0 Å². The molecular formula is C19H19ClO2. The van der Waals surface area contributed by atoms with Crippen LogP contribution in [-0.2, 0) is 16.0 Å². The van der Waals surface area contributed by atoms with Crippen LogP contribution in [0.1, 0.15) is 25.0 Å². The number of carbonyl (C=O) groups is 2. The Bertz CT molecular complexity index is 627. The number of rotatable bonds is 4. The molecular weight excluding hydrogens is 296 g/mol. The maximum Gasteiger partial charge on any atom is 0.151 e. The quantitative estimate of drug-likeness (QED) is 0.607. The summed E-state index contributed by atoms with van der Waals surface area (Å²) in [5.74, 6) is 0.214. The van der Waals surface area contributed by atoms with Crippen LogP contribution >= 0.6 is 11.6 Å². The van der Waals surface area contributed by atoms with Crippen molar-refractivity contribution in [3.63, 3.8) is 0 Å². The van der Waals surface area contributed by atoms with E-state index in [9.17, 15) is 9.59 Å². The van der Waals surface area contributed by atoms with E-state index in [0.29, 0.717) is 17.0 Å². The molecule has 2 nitrogen and oxygen atoms in total. The largest absolute Gasteiger partial charge is 0.300 e. The molecule has 0 radical (unpaired) electrons. The lowest BCUT2D eigenvalue weighted by Gasteiger charge is -1.99. The summed E-state index contributed by atoms with van der Waals surface area (Å²) >= 11 is 5.73. The van der Waals surface area contributed by atoms with Crippen molar-refractivity contribution >= 4 is 29.2 Å². The molecule has 0 fully saturated rings. The third-order valence-corrected chi connectivity index (χ3v) is 3.07. The summed E-state index contributed by atoms with van der Waals surface area (Å²) in [5.41, 5.74) is 2.51. The Hall–Kier alpha value is -2.19. The molecule has 0 heterocycles. The Morgan fingerprint density at radius 1 is 0.955 bits per heavy atom. The summed E-state index contributed by atoms with van der Waals surface area (Å²) in [6.45, 7) is 3.31. The molecule has 0 unspecified atom stereocenters. The van der Waals surface area contributed by atoms with Gasteiger partial charge >= 0.3 is 0 Å². The van der Waals surface area contributed by atoms with Gasteiger partial charge in [0.2, 0.25) is 0 Å². The van der Waals surface area contributed by atoms with Crippen molar-refractivity contribution < 1.29 is 9.59 Å². The van der Waals surface area contributed by atoms with Crippen LogP contribution in [0.3, 0.4) is 0 Å². The number of hydrogen-bond acceptors (Lipinski definition) is 2. The minimum atomic E-state index is 0.214. The van der Waals surface area contributed by atoms with Crippen molar-refractivity contribution in [2.45, 2.75) is 20.3 Å². The minimum Gasteiger partial charge on any atom is -0.300 e. The number of halogens is 1. The lowest BCUT2D eigenvalue weighted by molar-refractivity contribution is -0.116. The molecule has 0 aromatic heterocycles. The van der Waals surface area contributed by atoms with E-state index >= 15 is 0 Å². The molecule has 0 aliphatic carbocycles. The van der Waals surface area contributed by atoms with Crippen LogP contribution in [0, 0.1) is 0 Å². The zero-order valence-corrected chi connectivity index (χ0v) is 13.5. The Balaban J connectivity index is 0.000000224. The molecule has 2 rings (SSSR count). The molecule has 114 valence electrons. The maximum absolute atomic E-state index is 10.6. The van der Waals surface area contributed by atoms with Crippen molar-refractivity contribution in [3.05, 3.63) is 76.8 Å². The van der Waals surface area contributed by atoms with Crippen LogP contribution in [0.15, 0.2) is 65.7 Å². The Morgan fingerprint density at radius 3 is 1.86 bits per heavy atom. The van der Waals surface area contributed by atoms with Crippen LogP contribution in [0.25, 0.3) is 5.57 Å². The van der Waals surface area contributed by atoms with Crippen LogP contribution in [0.4, 0.5) is 0 Å². The molecule has 0 atom stereocenters. The second-order valence-corrected chi connectivity index (χ2v) is 5.36. The van der Waals surface area contributed by atoms with Gasteiger partial charge in [0.25, 0.3) is 0 Å². The van der Waals surface area contributed by atoms with E-state index in [1.54, 1.807) is 13.8 Å². The molecule has 0 aliphatic heterocycles. The molecule has 0 saturated carbocycles. The fraction of sp³-hybridized carbons (Fsp3) is 0.158. The maximum atomic E-state index is 10.6. The van der Waals surface area contributed by atoms with Crippen LogP contribution in [-0.4, -0.2) is 12.1 Å². The first-order chi connectivity index (χ1) is 10.5. The summed E-state index contributed by atoms with van der Waals surface area (Å²) in [6, 6.07) is 19.1. The van der Waals surface area contributed by atoms with Gasteiger partial charge < -0.3 is 0 Å². The predicted molar refractivity (Wildman–Crippen MR) is 91.8 cm³/mol. The van der Waals surface area contributed by atoms with E-state index in [2.05, 4.69) is 0 Å². The van der Waals surface area contributed by atoms with Crippen molar-refractivity contribution in [2.75, 3.05) is 0 Å². The normalized spacial score (nSPS) is 10.9. The molecule has 0 spiro atoms. The number of aldehydes is 1. The van der Waals surface area contributed by atoms with Gasteiger partial charge in [0.15, 0.2) is 6.29 Å². The van der Waals surface area contributed by atoms with Crippen molar-refractivity contribution in [3.8, 4) is 0 Å². The third-order valence-electron chi connectivity index (χ3n) is 2.87. The summed E-state index contributed by atoms with van der Waals surface area (Å²) < 4.78 is 0. The first-order valence-electron chi connectivity index (χ1n) is 6.95. The zero-order chi connectivity index (χ0) is 16.4. The first kappa shape index (κ1) is 17.9. The molecule has 0 bridgehead atoms. The lowest BCUT2D eigenvalue weighted by Crippen LogP contribution is -1.94. The fourth-order valence-electron chi connectivity index (χ4n) is 1.85. The molecule has 0 saturated heterocycles. The van der Waals surface area contributed by atoms with E-state index in [-0.39, 0.29) is 5.78 Å². The topological polar surface area (TPSA) is 34.1 Å². The van der Waals surface area contributed by atoms with Gasteiger partial charge in [0.05, 0.1) is 0 Å². The first-order valence-corrected chi connectivity index (χ1v) is 7.32. The molecule has 2 aromatic carbocycles. The van der Waals surface area contributed by atoms with Gasteiger partial charge in [-0.1, -0.05) is 72.3 Å². The minimum absolute atomic E-state index is 0.214. The van der Waals surface area contributed by atoms with Crippen LogP contribution < -0.4 is 0 Å². The second-order valence-electron chi connectivity index (χ2n) is 4.80. The van der Waals surface area contributed by atoms with Gasteiger partial charge in [-0.15, -0.1) is 0 Å². The molecule has 0 aliphatic rings. The third kappa shape index (κ3) is 6.51. The zero-order valence-electron chi connectivity index (χ0n) is 12.8. The highest BCUT2D eigenvalue weighted by atomic mass is 35.5. The van der Waals surface area contributed by atoms with Gasteiger partial charge in [0.1, 0.15) is 5.78 Å². The summed E-state index contributed by atoms with van der Waals surface area (Å²) in [6.07, 6.45) is 1.33. The Kier molecular flexibility index (Phi) is 7.87. The highest BCUT2D eigenvalue weighted by molar-refractivity contribution is 6.36. The lowest BCUT2D eigenvalue weighted by atomic mass is 10.1. The summed E-state index contributed by atoms with van der Waals surface area (Å²) in [5, 5.41) is 0.524. The average Bonchev–Trinajstić information content (AvgIpc) is 2.50. The van der Waals surface area contributed by atoms with E-state index in [1.165, 1.54) is 0 Å². The van der Waals surface area contributed by atoms with Gasteiger partial charge in [-0.25, -0.2) is 0 Å². The number of ketones is 1.